The standard InChI is InChI=1S/C10H23NO2/c1-5-10(3,13)8-11(4)7-6-9(2)12/h9,12-13H,5-8H2,1-4H3. The normalized spacial score (nSPS) is 18.7. The van der Waals surface area contributed by atoms with Crippen molar-refractivity contribution >= 4 is 0 Å². The van der Waals surface area contributed by atoms with E-state index in [4.69, 9.17) is 5.11 Å². The Bertz CT molecular complexity index is 135. The number of hydrogen-bond acceptors (Lipinski definition) is 3. The summed E-state index contributed by atoms with van der Waals surface area (Å²) in [6.45, 7) is 7.09. The second kappa shape index (κ2) is 5.58. The quantitative estimate of drug-likeness (QED) is 0.651. The van der Waals surface area contributed by atoms with Crippen LogP contribution in [0, 0.1) is 0 Å². The molecular formula is C10H23NO2. The van der Waals surface area contributed by atoms with Crippen LogP contribution in [0.4, 0.5) is 0 Å². The zero-order valence-corrected chi connectivity index (χ0v) is 9.25. The predicted octanol–water partition coefficient (Wildman–Crippen LogP) is 0.850. The fourth-order valence-electron chi connectivity index (χ4n) is 1.18. The summed E-state index contributed by atoms with van der Waals surface area (Å²) >= 11 is 0. The van der Waals surface area contributed by atoms with Gasteiger partial charge in [-0.3, -0.25) is 0 Å². The maximum absolute atomic E-state index is 9.75. The fraction of sp³-hybridized carbons (Fsp3) is 1.00. The molecule has 2 atom stereocenters. The van der Waals surface area contributed by atoms with Crippen molar-refractivity contribution in [2.45, 2.75) is 45.3 Å². The summed E-state index contributed by atoms with van der Waals surface area (Å²) in [5.74, 6) is 0. The second-order valence-electron chi connectivity index (χ2n) is 4.23. The van der Waals surface area contributed by atoms with Crippen molar-refractivity contribution in [2.24, 2.45) is 0 Å². The number of aliphatic hydroxyl groups is 2. The van der Waals surface area contributed by atoms with E-state index in [2.05, 4.69) is 4.90 Å². The Kier molecular flexibility index (Phi) is 5.53. The minimum absolute atomic E-state index is 0.256. The van der Waals surface area contributed by atoms with Crippen molar-refractivity contribution < 1.29 is 10.2 Å². The summed E-state index contributed by atoms with van der Waals surface area (Å²) in [4.78, 5) is 2.05. The number of rotatable bonds is 6. The number of aliphatic hydroxyl groups excluding tert-OH is 1. The molecule has 0 amide bonds. The highest BCUT2D eigenvalue weighted by atomic mass is 16.3. The van der Waals surface area contributed by atoms with Gasteiger partial charge in [-0.25, -0.2) is 0 Å². The van der Waals surface area contributed by atoms with Crippen molar-refractivity contribution in [3.8, 4) is 0 Å². The zero-order valence-electron chi connectivity index (χ0n) is 9.25. The first-order valence-corrected chi connectivity index (χ1v) is 4.96. The van der Waals surface area contributed by atoms with Crippen LogP contribution in [0.25, 0.3) is 0 Å². The minimum atomic E-state index is -0.604. The SMILES string of the molecule is CCC(C)(O)CN(C)CCC(C)O. The fourth-order valence-corrected chi connectivity index (χ4v) is 1.18. The highest BCUT2D eigenvalue weighted by Crippen LogP contribution is 2.10. The molecule has 0 radical (unpaired) electrons. The van der Waals surface area contributed by atoms with Gasteiger partial charge in [0.2, 0.25) is 0 Å². The van der Waals surface area contributed by atoms with Gasteiger partial charge >= 0.3 is 0 Å². The highest BCUT2D eigenvalue weighted by Gasteiger charge is 2.19. The van der Waals surface area contributed by atoms with Gasteiger partial charge in [0.1, 0.15) is 0 Å². The van der Waals surface area contributed by atoms with E-state index in [-0.39, 0.29) is 6.10 Å². The van der Waals surface area contributed by atoms with Gasteiger partial charge in [-0.2, -0.15) is 0 Å². The summed E-state index contributed by atoms with van der Waals surface area (Å²) in [6, 6.07) is 0. The molecular weight excluding hydrogens is 166 g/mol. The Balaban J connectivity index is 3.67. The molecule has 0 aromatic rings. The van der Waals surface area contributed by atoms with Crippen LogP contribution in [0.5, 0.6) is 0 Å². The molecule has 3 heteroatoms. The van der Waals surface area contributed by atoms with Gasteiger partial charge in [0.15, 0.2) is 0 Å². The zero-order chi connectivity index (χ0) is 10.5. The van der Waals surface area contributed by atoms with E-state index in [0.29, 0.717) is 6.54 Å². The molecule has 0 rings (SSSR count). The van der Waals surface area contributed by atoms with Crippen LogP contribution < -0.4 is 0 Å². The van der Waals surface area contributed by atoms with E-state index in [1.165, 1.54) is 0 Å². The molecule has 0 aromatic carbocycles. The average Bonchev–Trinajstić information content (AvgIpc) is 2.00. The van der Waals surface area contributed by atoms with E-state index >= 15 is 0 Å². The van der Waals surface area contributed by atoms with Gasteiger partial charge in [0.25, 0.3) is 0 Å². The summed E-state index contributed by atoms with van der Waals surface area (Å²) in [5.41, 5.74) is -0.604. The van der Waals surface area contributed by atoms with Crippen LogP contribution in [-0.2, 0) is 0 Å². The average molecular weight is 189 g/mol. The smallest absolute Gasteiger partial charge is 0.0743 e. The lowest BCUT2D eigenvalue weighted by Crippen LogP contribution is -2.39. The molecule has 80 valence electrons. The topological polar surface area (TPSA) is 43.7 Å². The molecule has 0 aliphatic carbocycles. The van der Waals surface area contributed by atoms with Crippen molar-refractivity contribution in [3.05, 3.63) is 0 Å². The third kappa shape index (κ3) is 6.99. The van der Waals surface area contributed by atoms with Crippen LogP contribution >= 0.6 is 0 Å². The molecule has 0 saturated carbocycles. The third-order valence-corrected chi connectivity index (χ3v) is 2.30. The van der Waals surface area contributed by atoms with E-state index in [0.717, 1.165) is 19.4 Å². The molecule has 2 unspecified atom stereocenters. The van der Waals surface area contributed by atoms with Crippen LogP contribution in [0.1, 0.15) is 33.6 Å². The van der Waals surface area contributed by atoms with E-state index in [9.17, 15) is 5.11 Å². The molecule has 13 heavy (non-hydrogen) atoms. The maximum Gasteiger partial charge on any atom is 0.0743 e. The van der Waals surface area contributed by atoms with Crippen LogP contribution in [-0.4, -0.2) is 47.0 Å². The molecule has 2 N–H and O–H groups in total. The number of likely N-dealkylation sites (N-methyl/N-ethyl adjacent to an activating group) is 1. The molecule has 0 aliphatic heterocycles. The predicted molar refractivity (Wildman–Crippen MR) is 54.7 cm³/mol. The molecule has 3 nitrogen and oxygen atoms in total. The monoisotopic (exact) mass is 189 g/mol. The molecule has 0 spiro atoms. The molecule has 0 fully saturated rings. The van der Waals surface area contributed by atoms with Crippen molar-refractivity contribution in [1.29, 1.82) is 0 Å². The summed E-state index contributed by atoms with van der Waals surface area (Å²) in [6.07, 6.45) is 1.26. The number of hydrogen-bond donors (Lipinski definition) is 2. The first-order valence-electron chi connectivity index (χ1n) is 4.96. The molecule has 0 bridgehead atoms. The lowest BCUT2D eigenvalue weighted by atomic mass is 10.0. The van der Waals surface area contributed by atoms with Crippen LogP contribution in [0.3, 0.4) is 0 Å². The molecule has 0 aromatic heterocycles. The van der Waals surface area contributed by atoms with Crippen molar-refractivity contribution in [2.75, 3.05) is 20.1 Å². The Labute approximate surface area is 81.4 Å². The van der Waals surface area contributed by atoms with Crippen LogP contribution in [0.2, 0.25) is 0 Å². The Morgan fingerprint density at radius 1 is 1.46 bits per heavy atom. The van der Waals surface area contributed by atoms with E-state index in [1.807, 2.05) is 20.9 Å². The van der Waals surface area contributed by atoms with Gasteiger partial charge in [0.05, 0.1) is 11.7 Å². The highest BCUT2D eigenvalue weighted by molar-refractivity contribution is 4.74. The van der Waals surface area contributed by atoms with Crippen molar-refractivity contribution in [1.82, 2.24) is 4.90 Å². The number of nitrogens with zero attached hydrogens (tertiary/aromatic N) is 1. The van der Waals surface area contributed by atoms with Gasteiger partial charge in [0, 0.05) is 13.1 Å². The summed E-state index contributed by atoms with van der Waals surface area (Å²) in [7, 11) is 1.96. The van der Waals surface area contributed by atoms with Gasteiger partial charge < -0.3 is 15.1 Å². The molecule has 0 heterocycles. The van der Waals surface area contributed by atoms with Crippen molar-refractivity contribution in [3.63, 3.8) is 0 Å². The van der Waals surface area contributed by atoms with Crippen LogP contribution in [0.15, 0.2) is 0 Å². The molecule has 0 saturated heterocycles. The second-order valence-corrected chi connectivity index (χ2v) is 4.23. The van der Waals surface area contributed by atoms with E-state index < -0.39 is 5.60 Å². The first-order chi connectivity index (χ1) is 5.87. The van der Waals surface area contributed by atoms with Gasteiger partial charge in [-0.1, -0.05) is 6.92 Å². The Morgan fingerprint density at radius 3 is 2.38 bits per heavy atom. The Morgan fingerprint density at radius 2 is 2.00 bits per heavy atom. The van der Waals surface area contributed by atoms with Gasteiger partial charge in [-0.05, 0) is 33.7 Å². The third-order valence-electron chi connectivity index (χ3n) is 2.30. The van der Waals surface area contributed by atoms with E-state index in [1.54, 1.807) is 6.92 Å². The maximum atomic E-state index is 9.75. The summed E-state index contributed by atoms with van der Waals surface area (Å²) in [5, 5.41) is 18.8. The Hall–Kier alpha value is -0.120. The lowest BCUT2D eigenvalue weighted by molar-refractivity contribution is 0.0204. The van der Waals surface area contributed by atoms with Gasteiger partial charge in [-0.15, -0.1) is 0 Å². The minimum Gasteiger partial charge on any atom is -0.393 e. The largest absolute Gasteiger partial charge is 0.393 e. The molecule has 0 aliphatic rings. The summed E-state index contributed by atoms with van der Waals surface area (Å²) < 4.78 is 0. The lowest BCUT2D eigenvalue weighted by Gasteiger charge is -2.28. The first kappa shape index (κ1) is 12.9.